The molecule has 0 bridgehead atoms. The Morgan fingerprint density at radius 1 is 1.42 bits per heavy atom. The lowest BCUT2D eigenvalue weighted by atomic mass is 9.94. The van der Waals surface area contributed by atoms with Crippen molar-refractivity contribution < 1.29 is 4.79 Å². The van der Waals surface area contributed by atoms with Crippen LogP contribution >= 0.6 is 0 Å². The largest absolute Gasteiger partial charge is 0.352 e. The first-order chi connectivity index (χ1) is 9.33. The van der Waals surface area contributed by atoms with Gasteiger partial charge in [-0.15, -0.1) is 5.10 Å². The Labute approximate surface area is 110 Å². The predicted molar refractivity (Wildman–Crippen MR) is 70.5 cm³/mol. The zero-order chi connectivity index (χ0) is 13.1. The van der Waals surface area contributed by atoms with Gasteiger partial charge < -0.3 is 5.32 Å². The van der Waals surface area contributed by atoms with Crippen LogP contribution in [0.1, 0.15) is 29.6 Å². The molecule has 3 rings (SSSR count). The summed E-state index contributed by atoms with van der Waals surface area (Å²) in [7, 11) is 0. The van der Waals surface area contributed by atoms with E-state index < -0.39 is 0 Å². The van der Waals surface area contributed by atoms with Gasteiger partial charge in [-0.2, -0.15) is 10.3 Å². The Bertz CT molecular complexity index is 618. The van der Waals surface area contributed by atoms with Crippen molar-refractivity contribution in [1.29, 1.82) is 0 Å². The van der Waals surface area contributed by atoms with E-state index in [1.165, 1.54) is 6.20 Å². The number of H-pyrrole nitrogens is 1. The lowest BCUT2D eigenvalue weighted by molar-refractivity contribution is 0.0946. The molecule has 98 valence electrons. The molecule has 1 aliphatic carbocycles. The van der Waals surface area contributed by atoms with Gasteiger partial charge in [0, 0.05) is 12.7 Å². The van der Waals surface area contributed by atoms with Crippen molar-refractivity contribution in [2.45, 2.75) is 19.3 Å². The Morgan fingerprint density at radius 3 is 3.21 bits per heavy atom. The fourth-order valence-corrected chi connectivity index (χ4v) is 2.25. The van der Waals surface area contributed by atoms with Crippen molar-refractivity contribution in [2.75, 3.05) is 6.54 Å². The van der Waals surface area contributed by atoms with Crippen molar-refractivity contribution in [3.05, 3.63) is 30.0 Å². The van der Waals surface area contributed by atoms with E-state index in [2.05, 4.69) is 37.9 Å². The van der Waals surface area contributed by atoms with Crippen molar-refractivity contribution in [3.8, 4) is 0 Å². The number of fused-ring (bicyclic) bond motifs is 1. The molecule has 0 saturated carbocycles. The van der Waals surface area contributed by atoms with Crippen LogP contribution in [-0.4, -0.2) is 32.8 Å². The van der Waals surface area contributed by atoms with E-state index >= 15 is 0 Å². The molecule has 2 aromatic heterocycles. The van der Waals surface area contributed by atoms with Gasteiger partial charge in [-0.25, -0.2) is 4.98 Å². The van der Waals surface area contributed by atoms with E-state index in [1.54, 1.807) is 6.07 Å². The monoisotopic (exact) mass is 257 g/mol. The Morgan fingerprint density at radius 2 is 2.37 bits per heavy atom. The maximum Gasteiger partial charge on any atom is 0.252 e. The number of aromatic amines is 1. The van der Waals surface area contributed by atoms with Gasteiger partial charge in [-0.3, -0.25) is 4.79 Å². The van der Waals surface area contributed by atoms with Crippen LogP contribution in [0.3, 0.4) is 0 Å². The first-order valence-corrected chi connectivity index (χ1v) is 6.42. The van der Waals surface area contributed by atoms with Gasteiger partial charge in [-0.05, 0) is 31.2 Å². The summed E-state index contributed by atoms with van der Waals surface area (Å²) in [6.45, 7) is 0.708. The molecule has 0 aliphatic heterocycles. The highest BCUT2D eigenvalue weighted by molar-refractivity contribution is 5.96. The molecule has 0 radical (unpaired) electrons. The molecular formula is C13H15N5O. The second kappa shape index (κ2) is 5.17. The minimum Gasteiger partial charge on any atom is -0.352 e. The Hall–Kier alpha value is -2.24. The summed E-state index contributed by atoms with van der Waals surface area (Å²) < 4.78 is 0. The molecule has 0 spiro atoms. The summed E-state index contributed by atoms with van der Waals surface area (Å²) in [6, 6.07) is 1.70. The molecule has 1 unspecified atom stereocenters. The maximum absolute atomic E-state index is 12.0. The Kier molecular flexibility index (Phi) is 3.22. The van der Waals surface area contributed by atoms with Gasteiger partial charge >= 0.3 is 0 Å². The fourth-order valence-electron chi connectivity index (χ4n) is 2.25. The van der Waals surface area contributed by atoms with Crippen molar-refractivity contribution in [1.82, 2.24) is 25.7 Å². The summed E-state index contributed by atoms with van der Waals surface area (Å²) >= 11 is 0. The summed E-state index contributed by atoms with van der Waals surface area (Å²) in [6.07, 6.45) is 9.19. The van der Waals surface area contributed by atoms with Crippen LogP contribution in [0.2, 0.25) is 0 Å². The third-order valence-corrected chi connectivity index (χ3v) is 3.36. The zero-order valence-corrected chi connectivity index (χ0v) is 10.5. The van der Waals surface area contributed by atoms with E-state index in [4.69, 9.17) is 0 Å². The molecule has 1 amide bonds. The van der Waals surface area contributed by atoms with E-state index in [9.17, 15) is 4.79 Å². The number of nitrogens with zero attached hydrogens (tertiary/aromatic N) is 3. The molecule has 2 heterocycles. The first-order valence-electron chi connectivity index (χ1n) is 6.42. The minimum atomic E-state index is -0.105. The molecule has 6 nitrogen and oxygen atoms in total. The average molecular weight is 257 g/mol. The quantitative estimate of drug-likeness (QED) is 0.815. The number of rotatable bonds is 3. The van der Waals surface area contributed by atoms with E-state index in [0.29, 0.717) is 29.2 Å². The first kappa shape index (κ1) is 11.8. The summed E-state index contributed by atoms with van der Waals surface area (Å²) in [4.78, 5) is 16.1. The van der Waals surface area contributed by atoms with Gasteiger partial charge in [0.1, 0.15) is 5.52 Å². The highest BCUT2D eigenvalue weighted by Crippen LogP contribution is 2.17. The standard InChI is InChI=1S/C13H15N5O/c19-13(15-7-9-4-2-1-3-5-9)10-6-11-12(14-8-10)17-18-16-11/h1-2,6,8-9H,3-5,7H2,(H,15,19)(H,14,16,17,18). The third kappa shape index (κ3) is 2.62. The van der Waals surface area contributed by atoms with Crippen molar-refractivity contribution in [3.63, 3.8) is 0 Å². The molecule has 19 heavy (non-hydrogen) atoms. The summed E-state index contributed by atoms with van der Waals surface area (Å²) in [5, 5.41) is 13.2. The van der Waals surface area contributed by atoms with Gasteiger partial charge in [0.05, 0.1) is 5.56 Å². The second-order valence-electron chi connectivity index (χ2n) is 4.75. The molecule has 2 N–H and O–H groups in total. The van der Waals surface area contributed by atoms with Crippen LogP contribution in [0.4, 0.5) is 0 Å². The number of amides is 1. The van der Waals surface area contributed by atoms with Crippen LogP contribution in [0.25, 0.3) is 11.2 Å². The minimum absolute atomic E-state index is 0.105. The number of allylic oxidation sites excluding steroid dienone is 2. The van der Waals surface area contributed by atoms with Crippen LogP contribution in [0.15, 0.2) is 24.4 Å². The number of pyridine rings is 1. The number of nitrogens with one attached hydrogen (secondary N) is 2. The number of hydrogen-bond acceptors (Lipinski definition) is 4. The smallest absolute Gasteiger partial charge is 0.252 e. The van der Waals surface area contributed by atoms with Gasteiger partial charge in [0.2, 0.25) is 5.65 Å². The normalized spacial score (nSPS) is 18.6. The molecule has 6 heteroatoms. The van der Waals surface area contributed by atoms with Crippen LogP contribution in [-0.2, 0) is 0 Å². The fraction of sp³-hybridized carbons (Fsp3) is 0.385. The lowest BCUT2D eigenvalue weighted by Crippen LogP contribution is -2.29. The SMILES string of the molecule is O=C(NCC1CC=CCC1)c1cnc2n[nH]nc2c1. The number of carbonyl (C=O) groups excluding carboxylic acids is 1. The van der Waals surface area contributed by atoms with Gasteiger partial charge in [0.25, 0.3) is 5.91 Å². The van der Waals surface area contributed by atoms with Crippen LogP contribution in [0, 0.1) is 5.92 Å². The van der Waals surface area contributed by atoms with Crippen molar-refractivity contribution in [2.24, 2.45) is 5.92 Å². The van der Waals surface area contributed by atoms with E-state index in [-0.39, 0.29) is 5.91 Å². The molecule has 0 saturated heterocycles. The molecular weight excluding hydrogens is 242 g/mol. The van der Waals surface area contributed by atoms with Gasteiger partial charge in [0.15, 0.2) is 0 Å². The highest BCUT2D eigenvalue weighted by Gasteiger charge is 2.13. The van der Waals surface area contributed by atoms with Gasteiger partial charge in [-0.1, -0.05) is 12.2 Å². The molecule has 1 aliphatic rings. The molecule has 1 atom stereocenters. The Balaban J connectivity index is 1.64. The summed E-state index contributed by atoms with van der Waals surface area (Å²) in [5.41, 5.74) is 1.65. The number of carbonyl (C=O) groups is 1. The van der Waals surface area contributed by atoms with Crippen LogP contribution < -0.4 is 5.32 Å². The number of hydrogen-bond donors (Lipinski definition) is 2. The molecule has 0 fully saturated rings. The highest BCUT2D eigenvalue weighted by atomic mass is 16.1. The molecule has 0 aromatic carbocycles. The topological polar surface area (TPSA) is 83.6 Å². The van der Waals surface area contributed by atoms with Crippen molar-refractivity contribution >= 4 is 17.1 Å². The lowest BCUT2D eigenvalue weighted by Gasteiger charge is -2.17. The maximum atomic E-state index is 12.0. The second-order valence-corrected chi connectivity index (χ2v) is 4.75. The van der Waals surface area contributed by atoms with E-state index in [0.717, 1.165) is 19.3 Å². The zero-order valence-electron chi connectivity index (χ0n) is 10.5. The predicted octanol–water partition coefficient (Wildman–Crippen LogP) is 1.44. The average Bonchev–Trinajstić information content (AvgIpc) is 2.93. The van der Waals surface area contributed by atoms with E-state index in [1.807, 2.05) is 0 Å². The van der Waals surface area contributed by atoms with Crippen LogP contribution in [0.5, 0.6) is 0 Å². The summed E-state index contributed by atoms with van der Waals surface area (Å²) in [5.74, 6) is 0.435. The third-order valence-electron chi connectivity index (χ3n) is 3.36. The molecule has 2 aromatic rings. The number of aromatic nitrogens is 4.